The molecule has 3 nitrogen and oxygen atoms in total. The van der Waals surface area contributed by atoms with E-state index < -0.39 is 0 Å². The number of amidine groups is 1. The molecule has 0 bridgehead atoms. The third-order valence-electron chi connectivity index (χ3n) is 2.68. The first-order valence-electron chi connectivity index (χ1n) is 5.39. The summed E-state index contributed by atoms with van der Waals surface area (Å²) in [6.45, 7) is 1.61. The number of hydrogen-bond acceptors (Lipinski definition) is 3. The lowest BCUT2D eigenvalue weighted by molar-refractivity contribution is 0.356. The van der Waals surface area contributed by atoms with E-state index in [1.807, 2.05) is 31.1 Å². The molecule has 1 atom stereocenters. The Morgan fingerprint density at radius 3 is 2.69 bits per heavy atom. The standard InChI is InChI=1S/C12H16FN3/c1-16(2)11(12-14-7-8-15-12)9-5-3-4-6-10(9)13/h3-6,11H,7-8H2,1-2H3,(H,14,15). The fourth-order valence-electron chi connectivity index (χ4n) is 1.97. The molecule has 1 aliphatic heterocycles. The van der Waals surface area contributed by atoms with Crippen LogP contribution in [-0.4, -0.2) is 37.9 Å². The SMILES string of the molecule is CN(C)C(C1=NCCN1)c1ccccc1F. The maximum atomic E-state index is 13.7. The Bertz CT molecular complexity index is 401. The van der Waals surface area contributed by atoms with Crippen molar-refractivity contribution >= 4 is 5.84 Å². The molecule has 2 rings (SSSR count). The molecule has 0 fully saturated rings. The molecule has 16 heavy (non-hydrogen) atoms. The van der Waals surface area contributed by atoms with Gasteiger partial charge in [0, 0.05) is 12.1 Å². The Kier molecular flexibility index (Phi) is 3.19. The van der Waals surface area contributed by atoms with Gasteiger partial charge in [0.15, 0.2) is 0 Å². The zero-order chi connectivity index (χ0) is 11.5. The molecule has 0 aromatic heterocycles. The first-order chi connectivity index (χ1) is 7.70. The van der Waals surface area contributed by atoms with Crippen LogP contribution in [0.15, 0.2) is 29.3 Å². The van der Waals surface area contributed by atoms with Gasteiger partial charge in [-0.05, 0) is 20.2 Å². The van der Waals surface area contributed by atoms with Crippen molar-refractivity contribution in [3.63, 3.8) is 0 Å². The highest BCUT2D eigenvalue weighted by Gasteiger charge is 2.24. The van der Waals surface area contributed by atoms with Crippen molar-refractivity contribution < 1.29 is 4.39 Å². The Balaban J connectivity index is 2.36. The van der Waals surface area contributed by atoms with Crippen molar-refractivity contribution in [1.82, 2.24) is 10.2 Å². The van der Waals surface area contributed by atoms with Crippen molar-refractivity contribution in [2.24, 2.45) is 4.99 Å². The average Bonchev–Trinajstić information content (AvgIpc) is 2.74. The van der Waals surface area contributed by atoms with E-state index in [2.05, 4.69) is 10.3 Å². The fourth-order valence-corrected chi connectivity index (χ4v) is 1.97. The molecule has 0 aliphatic carbocycles. The summed E-state index contributed by atoms with van der Waals surface area (Å²) in [5.74, 6) is 0.674. The molecule has 1 aliphatic rings. The minimum Gasteiger partial charge on any atom is -0.370 e. The minimum absolute atomic E-state index is 0.122. The molecule has 1 aromatic carbocycles. The number of likely N-dealkylation sites (N-methyl/N-ethyl adjacent to an activating group) is 1. The maximum absolute atomic E-state index is 13.7. The Labute approximate surface area is 95.0 Å². The summed E-state index contributed by atoms with van der Waals surface area (Å²) in [7, 11) is 3.86. The van der Waals surface area contributed by atoms with Crippen molar-refractivity contribution in [1.29, 1.82) is 0 Å². The summed E-state index contributed by atoms with van der Waals surface area (Å²) in [5, 5.41) is 3.21. The van der Waals surface area contributed by atoms with E-state index in [1.165, 1.54) is 6.07 Å². The second-order valence-corrected chi connectivity index (χ2v) is 4.08. The van der Waals surface area contributed by atoms with Crippen molar-refractivity contribution in [2.75, 3.05) is 27.2 Å². The third kappa shape index (κ3) is 2.07. The van der Waals surface area contributed by atoms with Crippen LogP contribution in [0.1, 0.15) is 11.6 Å². The number of rotatable bonds is 3. The highest BCUT2D eigenvalue weighted by atomic mass is 19.1. The highest BCUT2D eigenvalue weighted by molar-refractivity contribution is 5.89. The second kappa shape index (κ2) is 4.61. The lowest BCUT2D eigenvalue weighted by Crippen LogP contribution is -2.35. The van der Waals surface area contributed by atoms with Gasteiger partial charge in [-0.1, -0.05) is 18.2 Å². The predicted molar refractivity (Wildman–Crippen MR) is 63.1 cm³/mol. The summed E-state index contributed by atoms with van der Waals surface area (Å²) in [6.07, 6.45) is 0. The van der Waals surface area contributed by atoms with E-state index >= 15 is 0 Å². The molecule has 1 N–H and O–H groups in total. The van der Waals surface area contributed by atoms with E-state index in [-0.39, 0.29) is 11.9 Å². The van der Waals surface area contributed by atoms with E-state index in [0.717, 1.165) is 18.9 Å². The highest BCUT2D eigenvalue weighted by Crippen LogP contribution is 2.22. The van der Waals surface area contributed by atoms with Crippen LogP contribution in [0, 0.1) is 5.82 Å². The van der Waals surface area contributed by atoms with Gasteiger partial charge < -0.3 is 5.32 Å². The van der Waals surface area contributed by atoms with Gasteiger partial charge in [0.1, 0.15) is 11.7 Å². The quantitative estimate of drug-likeness (QED) is 0.836. The van der Waals surface area contributed by atoms with Gasteiger partial charge in [-0.3, -0.25) is 9.89 Å². The van der Waals surface area contributed by atoms with Gasteiger partial charge in [-0.25, -0.2) is 4.39 Å². The lowest BCUT2D eigenvalue weighted by atomic mass is 10.0. The largest absolute Gasteiger partial charge is 0.370 e. The van der Waals surface area contributed by atoms with Crippen LogP contribution in [0.25, 0.3) is 0 Å². The maximum Gasteiger partial charge on any atom is 0.128 e. The molecular weight excluding hydrogens is 205 g/mol. The molecule has 0 saturated heterocycles. The molecule has 0 radical (unpaired) electrons. The average molecular weight is 221 g/mol. The Morgan fingerprint density at radius 2 is 2.12 bits per heavy atom. The number of nitrogens with one attached hydrogen (secondary N) is 1. The third-order valence-corrected chi connectivity index (χ3v) is 2.68. The van der Waals surface area contributed by atoms with Crippen LogP contribution < -0.4 is 5.32 Å². The van der Waals surface area contributed by atoms with Gasteiger partial charge >= 0.3 is 0 Å². The van der Waals surface area contributed by atoms with Crippen LogP contribution in [-0.2, 0) is 0 Å². The number of aliphatic imine (C=N–C) groups is 1. The zero-order valence-electron chi connectivity index (χ0n) is 9.57. The number of hydrogen-bond donors (Lipinski definition) is 1. The van der Waals surface area contributed by atoms with Crippen LogP contribution in [0.5, 0.6) is 0 Å². The van der Waals surface area contributed by atoms with Crippen molar-refractivity contribution in [3.8, 4) is 0 Å². The fraction of sp³-hybridized carbons (Fsp3) is 0.417. The van der Waals surface area contributed by atoms with Gasteiger partial charge in [0.25, 0.3) is 0 Å². The zero-order valence-corrected chi connectivity index (χ0v) is 9.57. The molecule has 1 heterocycles. The van der Waals surface area contributed by atoms with Gasteiger partial charge in [0.05, 0.1) is 12.6 Å². The van der Waals surface area contributed by atoms with Gasteiger partial charge in [-0.2, -0.15) is 0 Å². The number of nitrogens with zero attached hydrogens (tertiary/aromatic N) is 2. The van der Waals surface area contributed by atoms with Crippen LogP contribution >= 0.6 is 0 Å². The van der Waals surface area contributed by atoms with Gasteiger partial charge in [-0.15, -0.1) is 0 Å². The summed E-state index contributed by atoms with van der Waals surface area (Å²) < 4.78 is 13.7. The molecule has 0 amide bonds. The summed E-state index contributed by atoms with van der Waals surface area (Å²) in [4.78, 5) is 6.34. The van der Waals surface area contributed by atoms with Crippen LogP contribution in [0.4, 0.5) is 4.39 Å². The Hall–Kier alpha value is -1.42. The molecule has 86 valence electrons. The smallest absolute Gasteiger partial charge is 0.128 e. The minimum atomic E-state index is -0.183. The summed E-state index contributed by atoms with van der Waals surface area (Å²) in [6, 6.07) is 6.73. The molecule has 4 heteroatoms. The predicted octanol–water partition coefficient (Wildman–Crippen LogP) is 1.43. The Morgan fingerprint density at radius 1 is 1.38 bits per heavy atom. The van der Waals surface area contributed by atoms with E-state index in [4.69, 9.17) is 0 Å². The number of benzene rings is 1. The van der Waals surface area contributed by atoms with Crippen molar-refractivity contribution in [3.05, 3.63) is 35.6 Å². The van der Waals surface area contributed by atoms with E-state index in [1.54, 1.807) is 6.07 Å². The van der Waals surface area contributed by atoms with Crippen LogP contribution in [0.3, 0.4) is 0 Å². The summed E-state index contributed by atoms with van der Waals surface area (Å²) in [5.41, 5.74) is 0.667. The monoisotopic (exact) mass is 221 g/mol. The first kappa shape index (κ1) is 11.1. The van der Waals surface area contributed by atoms with Crippen molar-refractivity contribution in [2.45, 2.75) is 6.04 Å². The van der Waals surface area contributed by atoms with Crippen LogP contribution in [0.2, 0.25) is 0 Å². The second-order valence-electron chi connectivity index (χ2n) is 4.08. The first-order valence-corrected chi connectivity index (χ1v) is 5.39. The topological polar surface area (TPSA) is 27.6 Å². The molecule has 0 spiro atoms. The number of halogens is 1. The normalized spacial score (nSPS) is 17.1. The molecule has 1 unspecified atom stereocenters. The van der Waals surface area contributed by atoms with Gasteiger partial charge in [0.2, 0.25) is 0 Å². The summed E-state index contributed by atoms with van der Waals surface area (Å²) >= 11 is 0. The molecule has 1 aromatic rings. The van der Waals surface area contributed by atoms with E-state index in [9.17, 15) is 4.39 Å². The molecule has 0 saturated carbocycles. The van der Waals surface area contributed by atoms with E-state index in [0.29, 0.717) is 5.56 Å². The lowest BCUT2D eigenvalue weighted by Gasteiger charge is -2.25. The molecular formula is C12H16FN3.